The minimum Gasteiger partial charge on any atom is -0.399 e. The number of nitrogens with two attached hydrogens (primary N) is 1. The van der Waals surface area contributed by atoms with Gasteiger partial charge in [-0.3, -0.25) is 14.5 Å². The maximum atomic E-state index is 14.9. The van der Waals surface area contributed by atoms with Crippen molar-refractivity contribution in [3.8, 4) is 0 Å². The molecule has 0 spiro atoms. The average Bonchev–Trinajstić information content (AvgIpc) is 2.96. The number of Topliss-reactive ketones (excluding diaryl/α,β-unsaturated/α-hetero) is 1. The number of hydrogen-bond donors (Lipinski definition) is 2. The molecule has 0 saturated carbocycles. The normalized spacial score (nSPS) is 22.5. The van der Waals surface area contributed by atoms with Gasteiger partial charge in [0.15, 0.2) is 5.78 Å². The zero-order chi connectivity index (χ0) is 26.0. The Bertz CT molecular complexity index is 1350. The number of nitrogens with one attached hydrogen (secondary N) is 1. The lowest BCUT2D eigenvalue weighted by Gasteiger charge is -2.35. The first-order chi connectivity index (χ1) is 16.1. The second-order valence-electron chi connectivity index (χ2n) is 9.30. The molecule has 7 nitrogen and oxygen atoms in total. The van der Waals surface area contributed by atoms with Gasteiger partial charge in [0.2, 0.25) is 15.6 Å². The summed E-state index contributed by atoms with van der Waals surface area (Å²) in [6.07, 6.45) is -5.84. The molecular weight excluding hydrogens is 507 g/mol. The predicted molar refractivity (Wildman–Crippen MR) is 124 cm³/mol. The Balaban J connectivity index is 1.98. The number of halogens is 4. The molecule has 1 atom stereocenters. The molecule has 1 amide bonds. The zero-order valence-electron chi connectivity index (χ0n) is 18.6. The number of carbonyl (C=O) groups is 2. The first kappa shape index (κ1) is 25.2. The highest BCUT2D eigenvalue weighted by Gasteiger charge is 2.72. The number of nitrogen functional groups attached to an aromatic ring is 1. The third kappa shape index (κ3) is 4.11. The molecule has 1 aliphatic carbocycles. The lowest BCUT2D eigenvalue weighted by molar-refractivity contribution is -0.184. The lowest BCUT2D eigenvalue weighted by atomic mass is 9.72. The maximum Gasteiger partial charge on any atom is 0.421 e. The first-order valence-corrected chi connectivity index (χ1v) is 12.3. The quantitative estimate of drug-likeness (QED) is 0.579. The highest BCUT2D eigenvalue weighted by Crippen LogP contribution is 2.53. The summed E-state index contributed by atoms with van der Waals surface area (Å²) in [5.74, 6) is -2.60. The number of anilines is 2. The monoisotopic (exact) mass is 527 g/mol. The molecule has 0 fully saturated rings. The van der Waals surface area contributed by atoms with E-state index in [1.807, 2.05) is 0 Å². The van der Waals surface area contributed by atoms with Crippen LogP contribution in [0, 0.1) is 5.41 Å². The molecule has 0 aromatic heterocycles. The van der Waals surface area contributed by atoms with Gasteiger partial charge in [-0.1, -0.05) is 25.4 Å². The SMILES string of the molecule is CC1(C)CC(=O)C2=C(C1)N(c1ccc(Cl)cc1)C(=O)[C@@]2(NS(=O)(=O)c1ccc(N)cc1)C(F)(F)F. The van der Waals surface area contributed by atoms with Crippen LogP contribution in [0.4, 0.5) is 24.5 Å². The highest BCUT2D eigenvalue weighted by atomic mass is 35.5. The van der Waals surface area contributed by atoms with Crippen LogP contribution in [0.2, 0.25) is 5.02 Å². The molecule has 2 aromatic rings. The summed E-state index contributed by atoms with van der Waals surface area (Å²) < 4.78 is 72.4. The maximum absolute atomic E-state index is 14.9. The molecular formula is C23H21ClF3N3O4S. The minimum absolute atomic E-state index is 0.0233. The van der Waals surface area contributed by atoms with Gasteiger partial charge in [0.25, 0.3) is 5.91 Å². The molecule has 186 valence electrons. The van der Waals surface area contributed by atoms with E-state index in [1.54, 1.807) is 18.6 Å². The molecule has 1 heterocycles. The van der Waals surface area contributed by atoms with Crippen LogP contribution in [0.1, 0.15) is 26.7 Å². The number of nitrogens with zero attached hydrogens (tertiary/aromatic N) is 1. The molecule has 12 heteroatoms. The van der Waals surface area contributed by atoms with E-state index in [9.17, 15) is 31.2 Å². The summed E-state index contributed by atoms with van der Waals surface area (Å²) in [4.78, 5) is 27.1. The molecule has 0 bridgehead atoms. The van der Waals surface area contributed by atoms with Crippen LogP contribution >= 0.6 is 11.6 Å². The number of allylic oxidation sites excluding steroid dienone is 1. The fraction of sp³-hybridized carbons (Fsp3) is 0.304. The lowest BCUT2D eigenvalue weighted by Crippen LogP contribution is -2.66. The molecule has 1 aliphatic heterocycles. The molecule has 0 radical (unpaired) electrons. The van der Waals surface area contributed by atoms with Crippen molar-refractivity contribution in [3.05, 3.63) is 64.8 Å². The minimum atomic E-state index is -5.48. The van der Waals surface area contributed by atoms with Crippen molar-refractivity contribution in [1.82, 2.24) is 4.72 Å². The standard InChI is InChI=1S/C23H21ClF3N3O4S/c1-21(2)11-17-19(18(31)12-21)22(23(25,26)27,20(32)30(17)15-7-3-13(24)4-8-15)29-35(33,34)16-9-5-14(28)6-10-16/h3-10,29H,11-12,28H2,1-2H3/t22-/m1/s1. The molecule has 4 rings (SSSR count). The van der Waals surface area contributed by atoms with Crippen LogP contribution in [0.15, 0.2) is 64.7 Å². The van der Waals surface area contributed by atoms with Crippen molar-refractivity contribution in [1.29, 1.82) is 0 Å². The summed E-state index contributed by atoms with van der Waals surface area (Å²) in [6, 6.07) is 9.85. The van der Waals surface area contributed by atoms with Crippen molar-refractivity contribution in [2.75, 3.05) is 10.6 Å². The van der Waals surface area contributed by atoms with E-state index >= 15 is 0 Å². The van der Waals surface area contributed by atoms with Gasteiger partial charge >= 0.3 is 6.18 Å². The summed E-state index contributed by atoms with van der Waals surface area (Å²) in [5.41, 5.74) is 0.0836. The van der Waals surface area contributed by atoms with E-state index in [4.69, 9.17) is 17.3 Å². The van der Waals surface area contributed by atoms with Crippen LogP contribution in [-0.2, 0) is 19.6 Å². The highest BCUT2D eigenvalue weighted by molar-refractivity contribution is 7.89. The predicted octanol–water partition coefficient (Wildman–Crippen LogP) is 4.19. The number of amides is 1. The van der Waals surface area contributed by atoms with Gasteiger partial charge in [0.1, 0.15) is 0 Å². The van der Waals surface area contributed by atoms with Crippen molar-refractivity contribution in [2.24, 2.45) is 5.41 Å². The number of sulfonamides is 1. The molecule has 2 aliphatic rings. The van der Waals surface area contributed by atoms with E-state index in [-0.39, 0.29) is 34.9 Å². The van der Waals surface area contributed by atoms with Crippen molar-refractivity contribution in [2.45, 2.75) is 43.3 Å². The van der Waals surface area contributed by atoms with Gasteiger partial charge in [-0.2, -0.15) is 17.9 Å². The summed E-state index contributed by atoms with van der Waals surface area (Å²) >= 11 is 5.91. The topological polar surface area (TPSA) is 110 Å². The van der Waals surface area contributed by atoms with Gasteiger partial charge in [-0.05, 0) is 60.4 Å². The third-order valence-electron chi connectivity index (χ3n) is 6.01. The van der Waals surface area contributed by atoms with Crippen LogP contribution in [0.25, 0.3) is 0 Å². The number of rotatable bonds is 4. The molecule has 3 N–H and O–H groups in total. The van der Waals surface area contributed by atoms with Crippen molar-refractivity contribution < 1.29 is 31.2 Å². The Kier molecular flexibility index (Phi) is 5.81. The number of carbonyl (C=O) groups excluding carboxylic acids is 2. The average molecular weight is 528 g/mol. The fourth-order valence-corrected chi connectivity index (χ4v) is 5.93. The smallest absolute Gasteiger partial charge is 0.399 e. The Morgan fingerprint density at radius 3 is 2.11 bits per heavy atom. The van der Waals surface area contributed by atoms with Crippen LogP contribution in [0.3, 0.4) is 0 Å². The Morgan fingerprint density at radius 1 is 1.00 bits per heavy atom. The Hall–Kier alpha value is -2.89. The Morgan fingerprint density at radius 2 is 1.57 bits per heavy atom. The number of hydrogen-bond acceptors (Lipinski definition) is 5. The van der Waals surface area contributed by atoms with E-state index in [0.717, 1.165) is 17.0 Å². The fourth-order valence-electron chi connectivity index (χ4n) is 4.49. The summed E-state index contributed by atoms with van der Waals surface area (Å²) in [6.45, 7) is 3.37. The largest absolute Gasteiger partial charge is 0.421 e. The van der Waals surface area contributed by atoms with E-state index in [2.05, 4.69) is 0 Å². The van der Waals surface area contributed by atoms with E-state index in [1.165, 1.54) is 36.4 Å². The number of benzene rings is 2. The van der Waals surface area contributed by atoms with Crippen LogP contribution in [0.5, 0.6) is 0 Å². The van der Waals surface area contributed by atoms with Crippen LogP contribution < -0.4 is 15.4 Å². The number of ketones is 1. The van der Waals surface area contributed by atoms with Crippen molar-refractivity contribution in [3.63, 3.8) is 0 Å². The molecule has 0 unspecified atom stereocenters. The van der Waals surface area contributed by atoms with E-state index in [0.29, 0.717) is 0 Å². The third-order valence-corrected chi connectivity index (χ3v) is 7.73. The second kappa shape index (κ2) is 8.07. The zero-order valence-corrected chi connectivity index (χ0v) is 20.2. The van der Waals surface area contributed by atoms with Gasteiger partial charge in [0, 0.05) is 28.5 Å². The Labute approximate surface area is 204 Å². The van der Waals surface area contributed by atoms with Gasteiger partial charge in [-0.25, -0.2) is 8.42 Å². The van der Waals surface area contributed by atoms with Crippen LogP contribution in [-0.4, -0.2) is 31.8 Å². The van der Waals surface area contributed by atoms with Gasteiger partial charge in [-0.15, -0.1) is 0 Å². The first-order valence-electron chi connectivity index (χ1n) is 10.4. The molecule has 2 aromatic carbocycles. The molecule has 0 saturated heterocycles. The van der Waals surface area contributed by atoms with Gasteiger partial charge in [0.05, 0.1) is 10.5 Å². The summed E-state index contributed by atoms with van der Waals surface area (Å²) in [5, 5.41) is 0.279. The van der Waals surface area contributed by atoms with E-state index < -0.39 is 49.3 Å². The summed E-state index contributed by atoms with van der Waals surface area (Å²) in [7, 11) is -4.93. The molecule has 35 heavy (non-hydrogen) atoms. The number of alkyl halides is 3. The second-order valence-corrected chi connectivity index (χ2v) is 11.4. The van der Waals surface area contributed by atoms with Crippen molar-refractivity contribution >= 4 is 44.7 Å². The van der Waals surface area contributed by atoms with Gasteiger partial charge < -0.3 is 5.73 Å².